The fourth-order valence-corrected chi connectivity index (χ4v) is 4.72. The van der Waals surface area contributed by atoms with Crippen molar-refractivity contribution in [1.29, 1.82) is 0 Å². The van der Waals surface area contributed by atoms with Gasteiger partial charge in [-0.25, -0.2) is 19.3 Å². The van der Waals surface area contributed by atoms with E-state index < -0.39 is 5.60 Å². The van der Waals surface area contributed by atoms with Gasteiger partial charge in [0.15, 0.2) is 0 Å². The fourth-order valence-electron chi connectivity index (χ4n) is 3.52. The maximum absolute atomic E-state index is 13.5. The van der Waals surface area contributed by atoms with Crippen LogP contribution in [0.3, 0.4) is 0 Å². The van der Waals surface area contributed by atoms with E-state index in [2.05, 4.69) is 20.6 Å². The summed E-state index contributed by atoms with van der Waals surface area (Å²) in [6.07, 6.45) is 5.24. The van der Waals surface area contributed by atoms with Gasteiger partial charge in [-0.3, -0.25) is 0 Å². The number of anilines is 1. The Labute approximate surface area is 172 Å². The van der Waals surface area contributed by atoms with Crippen LogP contribution in [0.1, 0.15) is 30.7 Å². The Bertz CT molecular complexity index is 1010. The highest BCUT2D eigenvalue weighted by Crippen LogP contribution is 2.42. The molecule has 3 aromatic rings. The van der Waals surface area contributed by atoms with Crippen molar-refractivity contribution in [3.63, 3.8) is 0 Å². The highest BCUT2D eigenvalue weighted by Gasteiger charge is 2.36. The Balaban J connectivity index is 1.59. The van der Waals surface area contributed by atoms with Crippen molar-refractivity contribution in [2.45, 2.75) is 37.3 Å². The summed E-state index contributed by atoms with van der Waals surface area (Å²) in [6.45, 7) is 1.50. The average molecular weight is 412 g/mol. The van der Waals surface area contributed by atoms with Gasteiger partial charge in [-0.1, -0.05) is 0 Å². The molecule has 8 heteroatoms. The van der Waals surface area contributed by atoms with Crippen LogP contribution in [0.2, 0.25) is 0 Å². The molecule has 1 aliphatic heterocycles. The number of aliphatic hydroxyl groups is 1. The molecule has 6 nitrogen and oxygen atoms in total. The van der Waals surface area contributed by atoms with Gasteiger partial charge in [0, 0.05) is 17.8 Å². The van der Waals surface area contributed by atoms with Crippen LogP contribution in [0.25, 0.3) is 21.8 Å². The molecule has 29 heavy (non-hydrogen) atoms. The number of hydrogen-bond donors (Lipinski definition) is 3. The van der Waals surface area contributed by atoms with Crippen molar-refractivity contribution in [2.24, 2.45) is 0 Å². The SMILES string of the molecule is OC1(c2nc(-c3ccc(F)cc3)c(-c3ccnc(NC4CC4)n3)s2)CCNCC1. The molecule has 0 bridgehead atoms. The molecule has 0 radical (unpaired) electrons. The highest BCUT2D eigenvalue weighted by molar-refractivity contribution is 7.15. The summed E-state index contributed by atoms with van der Waals surface area (Å²) in [5.74, 6) is 0.311. The van der Waals surface area contributed by atoms with Crippen LogP contribution in [0.5, 0.6) is 0 Å². The van der Waals surface area contributed by atoms with E-state index in [1.165, 1.54) is 23.5 Å². The highest BCUT2D eigenvalue weighted by atomic mass is 32.1. The lowest BCUT2D eigenvalue weighted by atomic mass is 9.93. The van der Waals surface area contributed by atoms with E-state index in [9.17, 15) is 9.50 Å². The number of nitrogens with one attached hydrogen (secondary N) is 2. The zero-order valence-corrected chi connectivity index (χ0v) is 16.7. The zero-order chi connectivity index (χ0) is 19.8. The van der Waals surface area contributed by atoms with Gasteiger partial charge in [0.2, 0.25) is 5.95 Å². The molecule has 1 aliphatic carbocycles. The van der Waals surface area contributed by atoms with Crippen LogP contribution in [0.15, 0.2) is 36.5 Å². The summed E-state index contributed by atoms with van der Waals surface area (Å²) < 4.78 is 13.5. The second-order valence-electron chi connectivity index (χ2n) is 7.67. The Hall–Kier alpha value is -2.42. The van der Waals surface area contributed by atoms with Crippen molar-refractivity contribution in [3.8, 4) is 21.8 Å². The van der Waals surface area contributed by atoms with Gasteiger partial charge < -0.3 is 15.7 Å². The number of aromatic nitrogens is 3. The Morgan fingerprint density at radius 3 is 2.59 bits per heavy atom. The predicted molar refractivity (Wildman–Crippen MR) is 111 cm³/mol. The molecular formula is C21H22FN5OS. The molecular weight excluding hydrogens is 389 g/mol. The minimum absolute atomic E-state index is 0.291. The third kappa shape index (κ3) is 3.88. The molecule has 1 saturated carbocycles. The minimum atomic E-state index is -0.953. The van der Waals surface area contributed by atoms with Crippen molar-refractivity contribution >= 4 is 17.3 Å². The van der Waals surface area contributed by atoms with Crippen LogP contribution in [0.4, 0.5) is 10.3 Å². The summed E-state index contributed by atoms with van der Waals surface area (Å²) in [7, 11) is 0. The number of benzene rings is 1. The lowest BCUT2D eigenvalue weighted by molar-refractivity contribution is 0.00582. The maximum atomic E-state index is 13.5. The van der Waals surface area contributed by atoms with Crippen LogP contribution in [-0.4, -0.2) is 39.2 Å². The van der Waals surface area contributed by atoms with Crippen LogP contribution < -0.4 is 10.6 Å². The van der Waals surface area contributed by atoms with Crippen LogP contribution >= 0.6 is 11.3 Å². The van der Waals surface area contributed by atoms with E-state index in [0.717, 1.165) is 42.1 Å². The largest absolute Gasteiger partial charge is 0.383 e. The molecule has 2 aromatic heterocycles. The summed E-state index contributed by atoms with van der Waals surface area (Å²) in [4.78, 5) is 14.7. The van der Waals surface area contributed by atoms with Crippen LogP contribution in [-0.2, 0) is 5.60 Å². The van der Waals surface area contributed by atoms with Gasteiger partial charge in [0.25, 0.3) is 0 Å². The predicted octanol–water partition coefficient (Wildman–Crippen LogP) is 3.55. The van der Waals surface area contributed by atoms with Gasteiger partial charge >= 0.3 is 0 Å². The Kier molecular flexibility index (Phi) is 4.77. The number of piperidine rings is 1. The number of thiazole rings is 1. The van der Waals surface area contributed by atoms with E-state index in [0.29, 0.717) is 35.5 Å². The molecule has 150 valence electrons. The van der Waals surface area contributed by atoms with E-state index >= 15 is 0 Å². The molecule has 2 aliphatic rings. The first-order chi connectivity index (χ1) is 14.1. The van der Waals surface area contributed by atoms with Crippen molar-refractivity contribution < 1.29 is 9.50 Å². The number of halogens is 1. The van der Waals surface area contributed by atoms with Gasteiger partial charge in [-0.05, 0) is 69.1 Å². The van der Waals surface area contributed by atoms with Crippen molar-refractivity contribution in [1.82, 2.24) is 20.3 Å². The normalized spacial score (nSPS) is 18.6. The second-order valence-corrected chi connectivity index (χ2v) is 8.67. The molecule has 2 fully saturated rings. The molecule has 0 spiro atoms. The number of hydrogen-bond acceptors (Lipinski definition) is 7. The van der Waals surface area contributed by atoms with Gasteiger partial charge in [0.05, 0.1) is 16.3 Å². The summed E-state index contributed by atoms with van der Waals surface area (Å²) in [5.41, 5.74) is 1.32. The monoisotopic (exact) mass is 411 g/mol. The first-order valence-corrected chi connectivity index (χ1v) is 10.7. The Morgan fingerprint density at radius 1 is 1.10 bits per heavy atom. The quantitative estimate of drug-likeness (QED) is 0.596. The van der Waals surface area contributed by atoms with Gasteiger partial charge in [0.1, 0.15) is 16.4 Å². The topological polar surface area (TPSA) is 83.0 Å². The van der Waals surface area contributed by atoms with E-state index in [-0.39, 0.29) is 5.82 Å². The molecule has 0 atom stereocenters. The lowest BCUT2D eigenvalue weighted by Gasteiger charge is -2.30. The van der Waals surface area contributed by atoms with E-state index in [4.69, 9.17) is 4.98 Å². The first kappa shape index (κ1) is 18.6. The molecule has 1 aromatic carbocycles. The molecule has 3 heterocycles. The molecule has 3 N–H and O–H groups in total. The van der Waals surface area contributed by atoms with E-state index in [1.54, 1.807) is 18.3 Å². The third-order valence-corrected chi connectivity index (χ3v) is 6.64. The number of rotatable bonds is 5. The lowest BCUT2D eigenvalue weighted by Crippen LogP contribution is -2.39. The zero-order valence-electron chi connectivity index (χ0n) is 15.9. The fraction of sp³-hybridized carbons (Fsp3) is 0.381. The molecule has 0 amide bonds. The van der Waals surface area contributed by atoms with Crippen molar-refractivity contribution in [2.75, 3.05) is 18.4 Å². The second kappa shape index (κ2) is 7.44. The summed E-state index contributed by atoms with van der Waals surface area (Å²) in [6, 6.07) is 8.60. The van der Waals surface area contributed by atoms with Crippen molar-refractivity contribution in [3.05, 3.63) is 47.4 Å². The summed E-state index contributed by atoms with van der Waals surface area (Å²) in [5, 5.41) is 18.5. The van der Waals surface area contributed by atoms with Gasteiger partial charge in [-0.2, -0.15) is 0 Å². The van der Waals surface area contributed by atoms with Crippen LogP contribution in [0, 0.1) is 5.82 Å². The Morgan fingerprint density at radius 2 is 1.86 bits per heavy atom. The number of nitrogens with zero attached hydrogens (tertiary/aromatic N) is 3. The smallest absolute Gasteiger partial charge is 0.223 e. The third-order valence-electron chi connectivity index (χ3n) is 5.37. The van der Waals surface area contributed by atoms with E-state index in [1.807, 2.05) is 6.07 Å². The minimum Gasteiger partial charge on any atom is -0.383 e. The summed E-state index contributed by atoms with van der Waals surface area (Å²) >= 11 is 1.46. The molecule has 0 unspecified atom stereocenters. The maximum Gasteiger partial charge on any atom is 0.223 e. The van der Waals surface area contributed by atoms with Gasteiger partial charge in [-0.15, -0.1) is 11.3 Å². The standard InChI is InChI=1S/C21H22FN5OS/c22-14-3-1-13(2-4-14)17-18(16-7-10-24-20(26-16)25-15-5-6-15)29-19(27-17)21(28)8-11-23-12-9-21/h1-4,7,10,15,23,28H,5-6,8-9,11-12H2,(H,24,25,26). The molecule has 5 rings (SSSR count). The first-order valence-electron chi connectivity index (χ1n) is 9.91. The average Bonchev–Trinajstić information content (AvgIpc) is 3.42. The molecule has 1 saturated heterocycles.